The van der Waals surface area contributed by atoms with Gasteiger partial charge in [-0.1, -0.05) is 110 Å². The van der Waals surface area contributed by atoms with Crippen molar-refractivity contribution in [1.29, 1.82) is 0 Å². The molecule has 0 saturated carbocycles. The molecule has 1 heteroatoms. The molecule has 5 rings (SSSR count). The molecule has 0 spiro atoms. The lowest BCUT2D eigenvalue weighted by molar-refractivity contribution is 0.299. The fraction of sp³-hybridized carbons (Fsp3) is 0.400. The molecule has 2 aliphatic rings. The Hall–Kier alpha value is -2.54. The number of nitrogens with zero attached hydrogens (tertiary/aromatic N) is 1. The second kappa shape index (κ2) is 6.03. The van der Waals surface area contributed by atoms with Gasteiger partial charge in [0.05, 0.1) is 5.69 Å². The Morgan fingerprint density at radius 3 is 1.16 bits per heavy atom. The SMILES string of the molecule is CC1(C)c2ccccc2N2c3ccccc3C(C)(C)C(C)(C)c3cccc(c32)C1(C)C. The zero-order valence-electron chi connectivity index (χ0n) is 20.3. The Labute approximate surface area is 188 Å². The van der Waals surface area contributed by atoms with Crippen molar-refractivity contribution in [2.45, 2.75) is 77.0 Å². The van der Waals surface area contributed by atoms with Gasteiger partial charge < -0.3 is 4.90 Å². The van der Waals surface area contributed by atoms with Gasteiger partial charge in [-0.15, -0.1) is 0 Å². The molecule has 0 saturated heterocycles. The lowest BCUT2D eigenvalue weighted by Gasteiger charge is -2.44. The van der Waals surface area contributed by atoms with E-state index in [4.69, 9.17) is 0 Å². The van der Waals surface area contributed by atoms with Crippen molar-refractivity contribution in [3.8, 4) is 0 Å². The molecular weight excluding hydrogens is 374 g/mol. The number of anilines is 3. The monoisotopic (exact) mass is 409 g/mol. The molecule has 0 radical (unpaired) electrons. The second-order valence-corrected chi connectivity index (χ2v) is 11.6. The number of hydrogen-bond donors (Lipinski definition) is 0. The van der Waals surface area contributed by atoms with Crippen LogP contribution in [-0.4, -0.2) is 0 Å². The number of rotatable bonds is 0. The van der Waals surface area contributed by atoms with Crippen molar-refractivity contribution in [1.82, 2.24) is 0 Å². The van der Waals surface area contributed by atoms with Crippen LogP contribution in [0, 0.1) is 0 Å². The van der Waals surface area contributed by atoms with Crippen LogP contribution < -0.4 is 4.90 Å². The first-order valence-electron chi connectivity index (χ1n) is 11.6. The summed E-state index contributed by atoms with van der Waals surface area (Å²) in [5.41, 5.74) is 9.57. The maximum atomic E-state index is 2.59. The van der Waals surface area contributed by atoms with Crippen LogP contribution in [0.25, 0.3) is 0 Å². The van der Waals surface area contributed by atoms with Crippen LogP contribution in [-0.2, 0) is 21.7 Å². The van der Waals surface area contributed by atoms with E-state index < -0.39 is 0 Å². The Morgan fingerprint density at radius 2 is 0.742 bits per heavy atom. The summed E-state index contributed by atoms with van der Waals surface area (Å²) in [5, 5.41) is 0. The molecule has 0 amide bonds. The largest absolute Gasteiger partial charge is 0.309 e. The third-order valence-corrected chi connectivity index (χ3v) is 9.37. The molecule has 0 aliphatic carbocycles. The Morgan fingerprint density at radius 1 is 0.419 bits per heavy atom. The van der Waals surface area contributed by atoms with Gasteiger partial charge in [-0.3, -0.25) is 0 Å². The van der Waals surface area contributed by atoms with Gasteiger partial charge in [-0.05, 0) is 34.4 Å². The van der Waals surface area contributed by atoms with Crippen LogP contribution in [0.15, 0.2) is 66.7 Å². The van der Waals surface area contributed by atoms with Crippen molar-refractivity contribution in [2.24, 2.45) is 0 Å². The summed E-state index contributed by atoms with van der Waals surface area (Å²) in [6.07, 6.45) is 0. The normalized spacial score (nSPS) is 21.2. The van der Waals surface area contributed by atoms with Crippen molar-refractivity contribution in [3.63, 3.8) is 0 Å². The molecule has 3 aromatic rings. The topological polar surface area (TPSA) is 3.24 Å². The summed E-state index contributed by atoms with van der Waals surface area (Å²) in [4.78, 5) is 2.59. The third kappa shape index (κ3) is 2.33. The molecule has 0 unspecified atom stereocenters. The standard InChI is InChI=1S/C30H35N/c1-27(2)20-14-9-11-18-24(20)31-25-19-12-10-15-21(25)28(3,4)30(7,8)23-17-13-16-22(26(23)31)29(27,5)6/h9-19H,1-8H3. The average Bonchev–Trinajstić information content (AvgIpc) is 2.82. The van der Waals surface area contributed by atoms with Crippen molar-refractivity contribution >= 4 is 17.1 Å². The van der Waals surface area contributed by atoms with Gasteiger partial charge in [0.15, 0.2) is 0 Å². The molecule has 160 valence electrons. The van der Waals surface area contributed by atoms with Crippen LogP contribution in [0.2, 0.25) is 0 Å². The first-order valence-corrected chi connectivity index (χ1v) is 11.6. The van der Waals surface area contributed by atoms with Gasteiger partial charge in [-0.2, -0.15) is 0 Å². The minimum atomic E-state index is -0.0390. The smallest absolute Gasteiger partial charge is 0.0537 e. The summed E-state index contributed by atoms with van der Waals surface area (Å²) in [5.74, 6) is 0. The van der Waals surface area contributed by atoms with E-state index in [9.17, 15) is 0 Å². The Bertz CT molecular complexity index is 1100. The molecular formula is C30H35N. The summed E-state index contributed by atoms with van der Waals surface area (Å²) in [6, 6.07) is 25.1. The third-order valence-electron chi connectivity index (χ3n) is 9.37. The Kier molecular flexibility index (Phi) is 3.96. The van der Waals surface area contributed by atoms with E-state index in [0.29, 0.717) is 0 Å². The minimum absolute atomic E-state index is 0.0283. The average molecular weight is 410 g/mol. The van der Waals surface area contributed by atoms with Crippen molar-refractivity contribution in [2.75, 3.05) is 4.90 Å². The first-order chi connectivity index (χ1) is 14.4. The summed E-state index contributed by atoms with van der Waals surface area (Å²) < 4.78 is 0. The molecule has 3 aromatic carbocycles. The lowest BCUT2D eigenvalue weighted by atomic mass is 9.58. The predicted octanol–water partition coefficient (Wildman–Crippen LogP) is 8.29. The lowest BCUT2D eigenvalue weighted by Crippen LogP contribution is -2.41. The maximum absolute atomic E-state index is 2.59. The second-order valence-electron chi connectivity index (χ2n) is 11.6. The fourth-order valence-electron chi connectivity index (χ4n) is 5.90. The van der Waals surface area contributed by atoms with Crippen LogP contribution in [0.3, 0.4) is 0 Å². The van der Waals surface area contributed by atoms with E-state index in [1.807, 2.05) is 0 Å². The number of para-hydroxylation sites is 3. The first kappa shape index (κ1) is 20.4. The van der Waals surface area contributed by atoms with E-state index in [1.54, 1.807) is 0 Å². The maximum Gasteiger partial charge on any atom is 0.0537 e. The minimum Gasteiger partial charge on any atom is -0.309 e. The molecule has 0 fully saturated rings. The van der Waals surface area contributed by atoms with E-state index in [0.717, 1.165) is 0 Å². The molecule has 31 heavy (non-hydrogen) atoms. The van der Waals surface area contributed by atoms with Crippen LogP contribution in [0.4, 0.5) is 17.1 Å². The molecule has 0 bridgehead atoms. The zero-order valence-corrected chi connectivity index (χ0v) is 20.3. The number of fused-ring (bicyclic) bond motifs is 4. The highest BCUT2D eigenvalue weighted by Crippen LogP contribution is 2.62. The number of hydrogen-bond acceptors (Lipinski definition) is 1. The van der Waals surface area contributed by atoms with Crippen LogP contribution in [0.1, 0.15) is 77.6 Å². The van der Waals surface area contributed by atoms with Gasteiger partial charge in [0.1, 0.15) is 0 Å². The molecule has 1 nitrogen and oxygen atoms in total. The highest BCUT2D eigenvalue weighted by Gasteiger charge is 2.52. The molecule has 2 heterocycles. The molecule has 0 N–H and O–H groups in total. The van der Waals surface area contributed by atoms with Crippen molar-refractivity contribution in [3.05, 3.63) is 89.0 Å². The van der Waals surface area contributed by atoms with Gasteiger partial charge in [0.2, 0.25) is 0 Å². The van der Waals surface area contributed by atoms with Crippen LogP contribution in [0.5, 0.6) is 0 Å². The van der Waals surface area contributed by atoms with E-state index >= 15 is 0 Å². The van der Waals surface area contributed by atoms with E-state index in [-0.39, 0.29) is 21.7 Å². The molecule has 2 aliphatic heterocycles. The highest BCUT2D eigenvalue weighted by atomic mass is 15.2. The molecule has 0 atom stereocenters. The Balaban J connectivity index is 2.06. The van der Waals surface area contributed by atoms with Gasteiger partial charge in [0, 0.05) is 33.0 Å². The predicted molar refractivity (Wildman–Crippen MR) is 133 cm³/mol. The summed E-state index contributed by atoms with van der Waals surface area (Å²) in [7, 11) is 0. The summed E-state index contributed by atoms with van der Waals surface area (Å²) >= 11 is 0. The van der Waals surface area contributed by atoms with E-state index in [2.05, 4.69) is 127 Å². The zero-order chi connectivity index (χ0) is 22.4. The summed E-state index contributed by atoms with van der Waals surface area (Å²) in [6.45, 7) is 19.4. The fourth-order valence-corrected chi connectivity index (χ4v) is 5.90. The van der Waals surface area contributed by atoms with Crippen molar-refractivity contribution < 1.29 is 0 Å². The van der Waals surface area contributed by atoms with Gasteiger partial charge in [0.25, 0.3) is 0 Å². The van der Waals surface area contributed by atoms with Gasteiger partial charge in [-0.25, -0.2) is 0 Å². The molecule has 0 aromatic heterocycles. The van der Waals surface area contributed by atoms with Crippen LogP contribution >= 0.6 is 0 Å². The van der Waals surface area contributed by atoms with Gasteiger partial charge >= 0.3 is 0 Å². The van der Waals surface area contributed by atoms with E-state index in [1.165, 1.54) is 39.3 Å². The quantitative estimate of drug-likeness (QED) is 0.361. The number of benzene rings is 3. The highest BCUT2D eigenvalue weighted by molar-refractivity contribution is 5.89.